The summed E-state index contributed by atoms with van der Waals surface area (Å²) >= 11 is 5.91. The molecule has 1 aromatic heterocycles. The van der Waals surface area contributed by atoms with Crippen LogP contribution in [0.15, 0.2) is 30.5 Å². The van der Waals surface area contributed by atoms with Crippen molar-refractivity contribution in [2.45, 2.75) is 0 Å². The summed E-state index contributed by atoms with van der Waals surface area (Å²) in [6.07, 6.45) is 1.77. The first-order chi connectivity index (χ1) is 7.16. The zero-order valence-electron chi connectivity index (χ0n) is 8.66. The maximum Gasteiger partial charge on any atom is 0.0738 e. The maximum absolute atomic E-state index is 5.91. The molecule has 0 saturated carbocycles. The molecule has 1 aromatic carbocycles. The van der Waals surface area contributed by atoms with Crippen LogP contribution in [0.25, 0.3) is 10.9 Å². The zero-order chi connectivity index (χ0) is 10.8. The predicted octanol–water partition coefficient (Wildman–Crippen LogP) is 2.78. The minimum Gasteiger partial charge on any atom is -0.319 e. The molecule has 3 nitrogen and oxygen atoms in total. The molecule has 0 radical (unpaired) electrons. The number of fused-ring (bicyclic) bond motifs is 1. The van der Waals surface area contributed by atoms with Crippen LogP contribution in [0.5, 0.6) is 0 Å². The summed E-state index contributed by atoms with van der Waals surface area (Å²) in [5.74, 6) is 0. The summed E-state index contributed by atoms with van der Waals surface area (Å²) in [4.78, 5) is 4.27. The van der Waals surface area contributed by atoms with Gasteiger partial charge in [0.05, 0.1) is 11.2 Å². The lowest BCUT2D eigenvalue weighted by Gasteiger charge is -2.15. The van der Waals surface area contributed by atoms with Crippen molar-refractivity contribution in [3.8, 4) is 0 Å². The molecule has 0 spiro atoms. The van der Waals surface area contributed by atoms with Crippen molar-refractivity contribution in [3.05, 3.63) is 35.5 Å². The van der Waals surface area contributed by atoms with E-state index in [4.69, 9.17) is 11.6 Å². The Morgan fingerprint density at radius 2 is 2.07 bits per heavy atom. The Hall–Kier alpha value is -1.32. The Labute approximate surface area is 93.6 Å². The number of benzene rings is 1. The van der Waals surface area contributed by atoms with Gasteiger partial charge in [0, 0.05) is 30.7 Å². The quantitative estimate of drug-likeness (QED) is 0.791. The number of anilines is 1. The number of rotatable bonds is 2. The number of nitrogens with zero attached hydrogens (tertiary/aromatic N) is 2. The average molecular weight is 222 g/mol. The monoisotopic (exact) mass is 221 g/mol. The van der Waals surface area contributed by atoms with Gasteiger partial charge in [0.2, 0.25) is 0 Å². The molecule has 0 amide bonds. The van der Waals surface area contributed by atoms with Gasteiger partial charge in [-0.1, -0.05) is 11.6 Å². The van der Waals surface area contributed by atoms with E-state index in [0.717, 1.165) is 16.6 Å². The molecule has 0 atom stereocenters. The number of pyridine rings is 1. The first-order valence-corrected chi connectivity index (χ1v) is 5.03. The summed E-state index contributed by atoms with van der Waals surface area (Å²) < 4.78 is 0. The average Bonchev–Trinajstić information content (AvgIpc) is 2.16. The van der Waals surface area contributed by atoms with E-state index in [1.54, 1.807) is 6.20 Å². The Morgan fingerprint density at radius 3 is 2.80 bits per heavy atom. The fourth-order valence-corrected chi connectivity index (χ4v) is 1.63. The third-order valence-corrected chi connectivity index (χ3v) is 2.28. The second-order valence-corrected chi connectivity index (χ2v) is 3.96. The highest BCUT2D eigenvalue weighted by atomic mass is 35.5. The van der Waals surface area contributed by atoms with Crippen LogP contribution >= 0.6 is 11.6 Å². The van der Waals surface area contributed by atoms with Gasteiger partial charge in [0.15, 0.2) is 0 Å². The van der Waals surface area contributed by atoms with Crippen molar-refractivity contribution in [1.29, 1.82) is 0 Å². The fourth-order valence-electron chi connectivity index (χ4n) is 1.46. The van der Waals surface area contributed by atoms with Crippen molar-refractivity contribution in [3.63, 3.8) is 0 Å². The zero-order valence-corrected chi connectivity index (χ0v) is 9.42. The molecule has 0 saturated heterocycles. The lowest BCUT2D eigenvalue weighted by Crippen LogP contribution is -2.19. The van der Waals surface area contributed by atoms with Gasteiger partial charge in [-0.15, -0.1) is 0 Å². The largest absolute Gasteiger partial charge is 0.319 e. The normalized spacial score (nSPS) is 10.9. The molecule has 2 aromatic rings. The first-order valence-electron chi connectivity index (χ1n) is 4.65. The second-order valence-electron chi connectivity index (χ2n) is 3.53. The molecule has 2 rings (SSSR count). The van der Waals surface area contributed by atoms with Crippen LogP contribution in [0.3, 0.4) is 0 Å². The van der Waals surface area contributed by atoms with E-state index >= 15 is 0 Å². The topological polar surface area (TPSA) is 28.2 Å². The summed E-state index contributed by atoms with van der Waals surface area (Å²) in [6, 6.07) is 7.64. The summed E-state index contributed by atoms with van der Waals surface area (Å²) in [6.45, 7) is 0. The SMILES string of the molecule is CN(C)Nc1ccnc2cc(Cl)ccc12. The van der Waals surface area contributed by atoms with Crippen LogP contribution in [0.2, 0.25) is 5.02 Å². The van der Waals surface area contributed by atoms with E-state index < -0.39 is 0 Å². The van der Waals surface area contributed by atoms with Crippen molar-refractivity contribution in [2.75, 3.05) is 19.5 Å². The molecular weight excluding hydrogens is 210 g/mol. The highest BCUT2D eigenvalue weighted by Crippen LogP contribution is 2.24. The smallest absolute Gasteiger partial charge is 0.0738 e. The molecular formula is C11H12ClN3. The molecule has 1 N–H and O–H groups in total. The molecule has 78 valence electrons. The Kier molecular flexibility index (Phi) is 2.75. The van der Waals surface area contributed by atoms with Crippen molar-refractivity contribution in [1.82, 2.24) is 9.99 Å². The van der Waals surface area contributed by atoms with Gasteiger partial charge in [-0.05, 0) is 24.3 Å². The van der Waals surface area contributed by atoms with Gasteiger partial charge < -0.3 is 5.43 Å². The molecule has 0 aliphatic carbocycles. The highest BCUT2D eigenvalue weighted by Gasteiger charge is 2.02. The fraction of sp³-hybridized carbons (Fsp3) is 0.182. The molecule has 15 heavy (non-hydrogen) atoms. The maximum atomic E-state index is 5.91. The first kappa shape index (κ1) is 10.2. The lowest BCUT2D eigenvalue weighted by molar-refractivity contribution is 0.496. The van der Waals surface area contributed by atoms with E-state index in [0.29, 0.717) is 5.02 Å². The van der Waals surface area contributed by atoms with Crippen molar-refractivity contribution in [2.24, 2.45) is 0 Å². The van der Waals surface area contributed by atoms with Crippen molar-refractivity contribution >= 4 is 28.2 Å². The lowest BCUT2D eigenvalue weighted by atomic mass is 10.2. The molecule has 4 heteroatoms. The number of hydrogen-bond acceptors (Lipinski definition) is 3. The number of hydrogen-bond donors (Lipinski definition) is 1. The third-order valence-electron chi connectivity index (χ3n) is 2.05. The van der Waals surface area contributed by atoms with Gasteiger partial charge in [-0.25, -0.2) is 5.01 Å². The van der Waals surface area contributed by atoms with Crippen LogP contribution in [0.1, 0.15) is 0 Å². The van der Waals surface area contributed by atoms with Crippen LogP contribution in [-0.4, -0.2) is 24.1 Å². The van der Waals surface area contributed by atoms with Crippen LogP contribution in [0.4, 0.5) is 5.69 Å². The standard InChI is InChI=1S/C11H12ClN3/c1-15(2)14-10-5-6-13-11-7-8(12)3-4-9(10)11/h3-7H,1-2H3,(H,13,14). The number of nitrogens with one attached hydrogen (secondary N) is 1. The van der Waals surface area contributed by atoms with E-state index in [1.807, 2.05) is 43.4 Å². The van der Waals surface area contributed by atoms with Crippen LogP contribution < -0.4 is 5.43 Å². The number of halogens is 1. The van der Waals surface area contributed by atoms with E-state index in [1.165, 1.54) is 0 Å². The number of hydrazine groups is 1. The van der Waals surface area contributed by atoms with Gasteiger partial charge in [0.1, 0.15) is 0 Å². The highest BCUT2D eigenvalue weighted by molar-refractivity contribution is 6.31. The van der Waals surface area contributed by atoms with Gasteiger partial charge >= 0.3 is 0 Å². The molecule has 0 aliphatic rings. The second kappa shape index (κ2) is 4.04. The molecule has 0 fully saturated rings. The molecule has 0 bridgehead atoms. The Morgan fingerprint density at radius 1 is 1.27 bits per heavy atom. The van der Waals surface area contributed by atoms with Crippen LogP contribution in [-0.2, 0) is 0 Å². The Bertz CT molecular complexity index is 482. The van der Waals surface area contributed by atoms with Crippen LogP contribution in [0, 0.1) is 0 Å². The minimum atomic E-state index is 0.706. The van der Waals surface area contributed by atoms with E-state index in [-0.39, 0.29) is 0 Å². The van der Waals surface area contributed by atoms with Gasteiger partial charge in [-0.3, -0.25) is 4.98 Å². The van der Waals surface area contributed by atoms with E-state index in [2.05, 4.69) is 10.4 Å². The van der Waals surface area contributed by atoms with Crippen molar-refractivity contribution < 1.29 is 0 Å². The van der Waals surface area contributed by atoms with Gasteiger partial charge in [0.25, 0.3) is 0 Å². The number of aromatic nitrogens is 1. The summed E-state index contributed by atoms with van der Waals surface area (Å²) in [5, 5.41) is 3.66. The minimum absolute atomic E-state index is 0.706. The predicted molar refractivity (Wildman–Crippen MR) is 64.1 cm³/mol. The van der Waals surface area contributed by atoms with Gasteiger partial charge in [-0.2, -0.15) is 0 Å². The summed E-state index contributed by atoms with van der Waals surface area (Å²) in [5.41, 5.74) is 5.14. The molecule has 0 unspecified atom stereocenters. The van der Waals surface area contributed by atoms with E-state index in [9.17, 15) is 0 Å². The summed E-state index contributed by atoms with van der Waals surface area (Å²) in [7, 11) is 3.89. The Balaban J connectivity index is 2.56. The molecule has 1 heterocycles. The molecule has 0 aliphatic heterocycles. The third kappa shape index (κ3) is 2.19.